The maximum atomic E-state index is 12.0. The lowest BCUT2D eigenvalue weighted by Crippen LogP contribution is -2.03. The summed E-state index contributed by atoms with van der Waals surface area (Å²) in [4.78, 5) is 0. The van der Waals surface area contributed by atoms with Crippen molar-refractivity contribution < 1.29 is 18.3 Å². The number of hydrogen-bond donors (Lipinski definition) is 1. The number of aliphatic hydroxyl groups excluding tert-OH is 1. The van der Waals surface area contributed by atoms with Crippen LogP contribution in [0.15, 0.2) is 42.5 Å². The first-order valence-corrected chi connectivity index (χ1v) is 5.22. The van der Waals surface area contributed by atoms with Crippen molar-refractivity contribution in [2.45, 2.75) is 12.3 Å². The molecule has 92 valence electrons. The second kappa shape index (κ2) is 4.71. The highest BCUT2D eigenvalue weighted by atomic mass is 19.4. The lowest BCUT2D eigenvalue weighted by atomic mass is 10.0. The lowest BCUT2D eigenvalue weighted by molar-refractivity contribution is -0.0700. The van der Waals surface area contributed by atoms with E-state index in [0.717, 1.165) is 11.3 Å². The molecule has 0 radical (unpaired) electrons. The molecule has 0 amide bonds. The van der Waals surface area contributed by atoms with Crippen LogP contribution in [0, 0.1) is 11.8 Å². The highest BCUT2D eigenvalue weighted by molar-refractivity contribution is 5.86. The summed E-state index contributed by atoms with van der Waals surface area (Å²) < 4.78 is 35.9. The summed E-state index contributed by atoms with van der Waals surface area (Å²) in [6.07, 6.45) is -6.04. The van der Waals surface area contributed by atoms with Gasteiger partial charge in [-0.15, -0.1) is 0 Å². The van der Waals surface area contributed by atoms with Crippen molar-refractivity contribution in [2.24, 2.45) is 0 Å². The third-order valence-corrected chi connectivity index (χ3v) is 2.47. The fraction of sp³-hybridized carbons (Fsp3) is 0.143. The van der Waals surface area contributed by atoms with Gasteiger partial charge >= 0.3 is 6.18 Å². The molecule has 0 aliphatic heterocycles. The van der Waals surface area contributed by atoms with Gasteiger partial charge in [0.1, 0.15) is 6.10 Å². The number of hydrogen-bond acceptors (Lipinski definition) is 1. The Morgan fingerprint density at radius 2 is 1.67 bits per heavy atom. The number of benzene rings is 2. The van der Waals surface area contributed by atoms with Crippen molar-refractivity contribution in [2.75, 3.05) is 0 Å². The van der Waals surface area contributed by atoms with Crippen LogP contribution in [0.4, 0.5) is 13.2 Å². The van der Waals surface area contributed by atoms with Crippen LogP contribution >= 0.6 is 0 Å². The number of aliphatic hydroxyl groups is 1. The van der Waals surface area contributed by atoms with Gasteiger partial charge in [-0.3, -0.25) is 0 Å². The van der Waals surface area contributed by atoms with E-state index in [2.05, 4.69) is 0 Å². The Morgan fingerprint density at radius 3 is 2.39 bits per heavy atom. The van der Waals surface area contributed by atoms with Crippen LogP contribution in [0.5, 0.6) is 0 Å². The monoisotopic (exact) mass is 250 g/mol. The van der Waals surface area contributed by atoms with Crippen molar-refractivity contribution in [3.63, 3.8) is 0 Å². The highest BCUT2D eigenvalue weighted by Gasteiger charge is 2.23. The van der Waals surface area contributed by atoms with E-state index in [1.807, 2.05) is 24.1 Å². The van der Waals surface area contributed by atoms with Crippen molar-refractivity contribution in [3.05, 3.63) is 48.0 Å². The zero-order valence-corrected chi connectivity index (χ0v) is 9.20. The molecule has 1 nitrogen and oxygen atoms in total. The lowest BCUT2D eigenvalue weighted by Gasteiger charge is -2.08. The minimum atomic E-state index is -4.59. The van der Waals surface area contributed by atoms with Crippen LogP contribution in [0.3, 0.4) is 0 Å². The maximum Gasteiger partial charge on any atom is 0.457 e. The van der Waals surface area contributed by atoms with Gasteiger partial charge < -0.3 is 5.11 Å². The molecular weight excluding hydrogens is 241 g/mol. The largest absolute Gasteiger partial charge is 0.457 e. The molecule has 0 spiro atoms. The Morgan fingerprint density at radius 1 is 1.00 bits per heavy atom. The molecule has 0 aromatic heterocycles. The smallest absolute Gasteiger partial charge is 0.376 e. The number of halogens is 3. The van der Waals surface area contributed by atoms with E-state index in [0.29, 0.717) is 10.9 Å². The topological polar surface area (TPSA) is 20.2 Å². The Bertz CT molecular complexity index is 615. The van der Waals surface area contributed by atoms with Crippen molar-refractivity contribution >= 4 is 10.8 Å². The quantitative estimate of drug-likeness (QED) is 0.769. The molecule has 2 aromatic carbocycles. The highest BCUT2D eigenvalue weighted by Crippen LogP contribution is 2.24. The first-order chi connectivity index (χ1) is 8.47. The van der Waals surface area contributed by atoms with Gasteiger partial charge in [0, 0.05) is 11.5 Å². The zero-order chi connectivity index (χ0) is 13.2. The zero-order valence-electron chi connectivity index (χ0n) is 9.20. The van der Waals surface area contributed by atoms with E-state index in [9.17, 15) is 18.3 Å². The number of alkyl halides is 3. The van der Waals surface area contributed by atoms with Crippen LogP contribution < -0.4 is 0 Å². The van der Waals surface area contributed by atoms with Gasteiger partial charge in [-0.25, -0.2) is 0 Å². The molecule has 0 aliphatic rings. The molecule has 4 heteroatoms. The summed E-state index contributed by atoms with van der Waals surface area (Å²) in [5.41, 5.74) is 0.379. The van der Waals surface area contributed by atoms with Gasteiger partial charge in [0.2, 0.25) is 0 Å². The van der Waals surface area contributed by atoms with Gasteiger partial charge in [-0.05, 0) is 10.8 Å². The Hall–Kier alpha value is -1.99. The molecule has 1 unspecified atom stereocenters. The number of rotatable bonds is 1. The van der Waals surface area contributed by atoms with Gasteiger partial charge in [0.15, 0.2) is 0 Å². The Kier molecular flexibility index (Phi) is 3.26. The summed E-state index contributed by atoms with van der Waals surface area (Å²) in [6.45, 7) is 0. The summed E-state index contributed by atoms with van der Waals surface area (Å²) in [5, 5.41) is 11.3. The second-order valence-electron chi connectivity index (χ2n) is 3.74. The molecular formula is C14H9F3O. The second-order valence-corrected chi connectivity index (χ2v) is 3.74. The molecule has 0 saturated carbocycles. The van der Waals surface area contributed by atoms with Crippen LogP contribution in [-0.4, -0.2) is 11.3 Å². The standard InChI is InChI=1S/C14H9F3O/c15-14(16,17)9-8-13(18)12-7-3-5-10-4-1-2-6-11(10)12/h1-7,13,18H. The summed E-state index contributed by atoms with van der Waals surface area (Å²) in [6, 6.07) is 12.2. The molecule has 0 aliphatic carbocycles. The van der Waals surface area contributed by atoms with E-state index in [1.54, 1.807) is 24.3 Å². The van der Waals surface area contributed by atoms with Crippen LogP contribution in [0.25, 0.3) is 10.8 Å². The molecule has 0 heterocycles. The van der Waals surface area contributed by atoms with Gasteiger partial charge in [-0.1, -0.05) is 48.4 Å². The van der Waals surface area contributed by atoms with Crippen LogP contribution in [-0.2, 0) is 0 Å². The van der Waals surface area contributed by atoms with E-state index in [-0.39, 0.29) is 0 Å². The molecule has 0 fully saturated rings. The first-order valence-electron chi connectivity index (χ1n) is 5.22. The summed E-state index contributed by atoms with van der Waals surface area (Å²) in [5.74, 6) is 2.90. The SMILES string of the molecule is OC(C#CC(F)(F)F)c1cccc2ccccc12. The van der Waals surface area contributed by atoms with Crippen molar-refractivity contribution in [1.82, 2.24) is 0 Å². The van der Waals surface area contributed by atoms with Crippen LogP contribution in [0.1, 0.15) is 11.7 Å². The van der Waals surface area contributed by atoms with Gasteiger partial charge in [0.25, 0.3) is 0 Å². The molecule has 0 saturated heterocycles. The van der Waals surface area contributed by atoms with E-state index in [1.165, 1.54) is 0 Å². The van der Waals surface area contributed by atoms with Crippen molar-refractivity contribution in [1.29, 1.82) is 0 Å². The molecule has 18 heavy (non-hydrogen) atoms. The fourth-order valence-electron chi connectivity index (χ4n) is 1.72. The Balaban J connectivity index is 2.44. The minimum absolute atomic E-state index is 0.379. The third-order valence-electron chi connectivity index (χ3n) is 2.47. The third kappa shape index (κ3) is 2.82. The van der Waals surface area contributed by atoms with E-state index >= 15 is 0 Å². The van der Waals surface area contributed by atoms with Gasteiger partial charge in [0.05, 0.1) is 0 Å². The predicted molar refractivity (Wildman–Crippen MR) is 62.7 cm³/mol. The minimum Gasteiger partial charge on any atom is -0.376 e. The fourth-order valence-corrected chi connectivity index (χ4v) is 1.72. The average molecular weight is 250 g/mol. The predicted octanol–water partition coefficient (Wildman–Crippen LogP) is 3.44. The molecule has 2 aromatic rings. The summed E-state index contributed by atoms with van der Waals surface area (Å²) >= 11 is 0. The number of fused-ring (bicyclic) bond motifs is 1. The normalized spacial score (nSPS) is 12.9. The van der Waals surface area contributed by atoms with E-state index < -0.39 is 12.3 Å². The maximum absolute atomic E-state index is 12.0. The molecule has 1 N–H and O–H groups in total. The molecule has 0 bridgehead atoms. The van der Waals surface area contributed by atoms with Crippen molar-refractivity contribution in [3.8, 4) is 11.8 Å². The van der Waals surface area contributed by atoms with Crippen LogP contribution in [0.2, 0.25) is 0 Å². The Labute approximate surface area is 102 Å². The van der Waals surface area contributed by atoms with Gasteiger partial charge in [-0.2, -0.15) is 13.2 Å². The van der Waals surface area contributed by atoms with E-state index in [4.69, 9.17) is 0 Å². The average Bonchev–Trinajstić information content (AvgIpc) is 2.34. The molecule has 2 rings (SSSR count). The summed E-state index contributed by atoms with van der Waals surface area (Å²) in [7, 11) is 0. The first kappa shape index (κ1) is 12.5. The molecule has 1 atom stereocenters.